The van der Waals surface area contributed by atoms with Crippen LogP contribution in [0.5, 0.6) is 0 Å². The number of nitrogen functional groups attached to an aromatic ring is 1. The first-order valence-electron chi connectivity index (χ1n) is 5.84. The molecule has 1 aliphatic rings. The number of anilines is 2. The number of benzene rings is 1. The lowest BCUT2D eigenvalue weighted by atomic mass is 10.0. The van der Waals surface area contributed by atoms with Crippen LogP contribution in [0.3, 0.4) is 0 Å². The lowest BCUT2D eigenvalue weighted by Crippen LogP contribution is -2.24. The smallest absolute Gasteiger partial charge is 0.101 e. The van der Waals surface area contributed by atoms with Gasteiger partial charge in [0.05, 0.1) is 17.4 Å². The first kappa shape index (κ1) is 11.7. The summed E-state index contributed by atoms with van der Waals surface area (Å²) in [5.41, 5.74) is 7.80. The zero-order valence-corrected chi connectivity index (χ0v) is 9.93. The maximum Gasteiger partial charge on any atom is 0.101 e. The van der Waals surface area contributed by atoms with Crippen molar-refractivity contribution in [2.24, 2.45) is 5.92 Å². The second-order valence-electron chi connectivity index (χ2n) is 4.62. The van der Waals surface area contributed by atoms with Crippen LogP contribution in [-0.4, -0.2) is 24.3 Å². The summed E-state index contributed by atoms with van der Waals surface area (Å²) >= 11 is 0. The molecular formula is C13H17N3O. The summed E-state index contributed by atoms with van der Waals surface area (Å²) in [7, 11) is 0. The third kappa shape index (κ3) is 2.34. The molecule has 0 amide bonds. The Kier molecular flexibility index (Phi) is 3.21. The number of nitriles is 1. The molecule has 0 bridgehead atoms. The molecule has 0 spiro atoms. The molecule has 0 saturated carbocycles. The molecule has 2 rings (SSSR count). The van der Waals surface area contributed by atoms with Gasteiger partial charge in [0.15, 0.2) is 0 Å². The fourth-order valence-electron chi connectivity index (χ4n) is 2.32. The molecule has 1 fully saturated rings. The molecule has 3 N–H and O–H groups in total. The molecule has 4 nitrogen and oxygen atoms in total. The fourth-order valence-corrected chi connectivity index (χ4v) is 2.32. The third-order valence-corrected chi connectivity index (χ3v) is 3.39. The van der Waals surface area contributed by atoms with Gasteiger partial charge in [-0.15, -0.1) is 0 Å². The average Bonchev–Trinajstić information content (AvgIpc) is 2.78. The van der Waals surface area contributed by atoms with Crippen molar-refractivity contribution >= 4 is 11.4 Å². The van der Waals surface area contributed by atoms with Gasteiger partial charge in [-0.3, -0.25) is 0 Å². The predicted molar refractivity (Wildman–Crippen MR) is 67.6 cm³/mol. The lowest BCUT2D eigenvalue weighted by Gasteiger charge is -2.21. The lowest BCUT2D eigenvalue weighted by molar-refractivity contribution is 0.136. The summed E-state index contributed by atoms with van der Waals surface area (Å²) in [6, 6.07) is 7.57. The molecule has 17 heavy (non-hydrogen) atoms. The predicted octanol–water partition coefficient (Wildman–Crippen LogP) is 1.35. The summed E-state index contributed by atoms with van der Waals surface area (Å²) in [6.07, 6.45) is 0.673. The maximum atomic E-state index is 9.58. The van der Waals surface area contributed by atoms with E-state index in [1.165, 1.54) is 0 Å². The van der Waals surface area contributed by atoms with Gasteiger partial charge in [-0.05, 0) is 31.5 Å². The highest BCUT2D eigenvalue weighted by Crippen LogP contribution is 2.29. The zero-order valence-electron chi connectivity index (χ0n) is 9.93. The van der Waals surface area contributed by atoms with Crippen molar-refractivity contribution in [1.82, 2.24) is 0 Å². The topological polar surface area (TPSA) is 73.3 Å². The Hall–Kier alpha value is -1.73. The van der Waals surface area contributed by atoms with Gasteiger partial charge in [-0.2, -0.15) is 5.26 Å². The molecule has 90 valence electrons. The number of aliphatic hydroxyl groups excluding tert-OH is 1. The minimum absolute atomic E-state index is 0.291. The van der Waals surface area contributed by atoms with E-state index in [9.17, 15) is 5.11 Å². The van der Waals surface area contributed by atoms with E-state index in [0.29, 0.717) is 17.2 Å². The highest BCUT2D eigenvalue weighted by atomic mass is 16.3. The van der Waals surface area contributed by atoms with E-state index in [4.69, 9.17) is 11.0 Å². The van der Waals surface area contributed by atoms with Crippen molar-refractivity contribution in [2.45, 2.75) is 19.4 Å². The molecule has 0 radical (unpaired) electrons. The van der Waals surface area contributed by atoms with Gasteiger partial charge in [0, 0.05) is 24.7 Å². The van der Waals surface area contributed by atoms with Gasteiger partial charge in [0.2, 0.25) is 0 Å². The van der Waals surface area contributed by atoms with Gasteiger partial charge < -0.3 is 15.7 Å². The van der Waals surface area contributed by atoms with Crippen LogP contribution in [0.15, 0.2) is 18.2 Å². The minimum atomic E-state index is -0.292. The molecule has 1 saturated heterocycles. The monoisotopic (exact) mass is 231 g/mol. The van der Waals surface area contributed by atoms with E-state index >= 15 is 0 Å². The van der Waals surface area contributed by atoms with E-state index in [0.717, 1.165) is 25.2 Å². The van der Waals surface area contributed by atoms with Crippen molar-refractivity contribution in [3.8, 4) is 6.07 Å². The molecule has 1 heterocycles. The number of nitrogens with two attached hydrogens (primary N) is 1. The highest BCUT2D eigenvalue weighted by Gasteiger charge is 2.27. The Labute approximate surface area is 101 Å². The van der Waals surface area contributed by atoms with E-state index < -0.39 is 0 Å². The number of rotatable bonds is 2. The Morgan fingerprint density at radius 3 is 2.94 bits per heavy atom. The molecular weight excluding hydrogens is 214 g/mol. The normalized spacial score (nSPS) is 21.2. The Balaban J connectivity index is 2.22. The minimum Gasteiger partial charge on any atom is -0.399 e. The van der Waals surface area contributed by atoms with Crippen LogP contribution < -0.4 is 10.6 Å². The van der Waals surface area contributed by atoms with Crippen LogP contribution >= 0.6 is 0 Å². The number of hydrogen-bond donors (Lipinski definition) is 2. The van der Waals surface area contributed by atoms with Gasteiger partial charge in [-0.1, -0.05) is 0 Å². The molecule has 0 aromatic heterocycles. The van der Waals surface area contributed by atoms with Crippen LogP contribution in [0.2, 0.25) is 0 Å². The summed E-state index contributed by atoms with van der Waals surface area (Å²) in [5.74, 6) is 0.291. The van der Waals surface area contributed by atoms with Gasteiger partial charge in [0.1, 0.15) is 6.07 Å². The zero-order chi connectivity index (χ0) is 12.4. The SMILES string of the molecule is CC(O)C1CCN(c2ccc(N)cc2C#N)C1. The van der Waals surface area contributed by atoms with Gasteiger partial charge in [0.25, 0.3) is 0 Å². The first-order valence-corrected chi connectivity index (χ1v) is 5.84. The van der Waals surface area contributed by atoms with E-state index in [1.807, 2.05) is 19.1 Å². The third-order valence-electron chi connectivity index (χ3n) is 3.39. The van der Waals surface area contributed by atoms with Crippen molar-refractivity contribution in [3.63, 3.8) is 0 Å². The standard InChI is InChI=1S/C13H17N3O/c1-9(17)10-4-5-16(8-10)13-3-2-12(15)6-11(13)7-14/h2-3,6,9-10,17H,4-5,8,15H2,1H3. The number of hydrogen-bond acceptors (Lipinski definition) is 4. The Bertz CT molecular complexity index is 450. The first-order chi connectivity index (χ1) is 8.11. The average molecular weight is 231 g/mol. The van der Waals surface area contributed by atoms with Crippen LogP contribution in [0.4, 0.5) is 11.4 Å². The van der Waals surface area contributed by atoms with Crippen LogP contribution in [-0.2, 0) is 0 Å². The van der Waals surface area contributed by atoms with E-state index in [2.05, 4.69) is 11.0 Å². The molecule has 4 heteroatoms. The van der Waals surface area contributed by atoms with Crippen molar-refractivity contribution < 1.29 is 5.11 Å². The number of aliphatic hydroxyl groups is 1. The molecule has 1 aliphatic heterocycles. The fraction of sp³-hybridized carbons (Fsp3) is 0.462. The van der Waals surface area contributed by atoms with Gasteiger partial charge >= 0.3 is 0 Å². The van der Waals surface area contributed by atoms with Crippen LogP contribution in [0.25, 0.3) is 0 Å². The van der Waals surface area contributed by atoms with Crippen molar-refractivity contribution in [2.75, 3.05) is 23.7 Å². The van der Waals surface area contributed by atoms with Crippen molar-refractivity contribution in [3.05, 3.63) is 23.8 Å². The summed E-state index contributed by atoms with van der Waals surface area (Å²) in [4.78, 5) is 2.15. The second kappa shape index (κ2) is 4.64. The van der Waals surface area contributed by atoms with Gasteiger partial charge in [-0.25, -0.2) is 0 Å². The summed E-state index contributed by atoms with van der Waals surface area (Å²) < 4.78 is 0. The van der Waals surface area contributed by atoms with E-state index in [-0.39, 0.29) is 6.10 Å². The molecule has 1 aromatic carbocycles. The highest BCUT2D eigenvalue weighted by molar-refractivity contribution is 5.64. The molecule has 2 unspecified atom stereocenters. The quantitative estimate of drug-likeness (QED) is 0.753. The summed E-state index contributed by atoms with van der Waals surface area (Å²) in [6.45, 7) is 3.51. The maximum absolute atomic E-state index is 9.58. The Morgan fingerprint density at radius 1 is 1.59 bits per heavy atom. The summed E-state index contributed by atoms with van der Waals surface area (Å²) in [5, 5.41) is 18.7. The van der Waals surface area contributed by atoms with Crippen molar-refractivity contribution in [1.29, 1.82) is 5.26 Å². The molecule has 2 atom stereocenters. The number of nitrogens with zero attached hydrogens (tertiary/aromatic N) is 2. The molecule has 1 aromatic rings. The molecule has 0 aliphatic carbocycles. The van der Waals surface area contributed by atoms with Crippen LogP contribution in [0.1, 0.15) is 18.9 Å². The second-order valence-corrected chi connectivity index (χ2v) is 4.62. The largest absolute Gasteiger partial charge is 0.399 e. The van der Waals surface area contributed by atoms with Crippen LogP contribution in [0, 0.1) is 17.2 Å². The Morgan fingerprint density at radius 2 is 2.35 bits per heavy atom. The van der Waals surface area contributed by atoms with E-state index in [1.54, 1.807) is 6.07 Å².